The summed E-state index contributed by atoms with van der Waals surface area (Å²) in [6.45, 7) is 3.00. The molecule has 13 nitrogen and oxygen atoms in total. The molecule has 0 bridgehead atoms. The number of benzene rings is 2. The van der Waals surface area contributed by atoms with Crippen molar-refractivity contribution in [2.75, 3.05) is 32.7 Å². The maximum atomic E-state index is 14.1. The Balaban J connectivity index is 0.946. The number of unbranched alkanes of at least 4 members (excludes halogenated alkanes) is 3. The Morgan fingerprint density at radius 1 is 0.877 bits per heavy atom. The molecule has 0 radical (unpaired) electrons. The van der Waals surface area contributed by atoms with Crippen LogP contribution in [0.25, 0.3) is 10.9 Å². The smallest absolute Gasteiger partial charge is 0.243 e. The van der Waals surface area contributed by atoms with Crippen molar-refractivity contribution in [1.29, 1.82) is 0 Å². The summed E-state index contributed by atoms with van der Waals surface area (Å²) in [5, 5.41) is 9.71. The molecule has 0 unspecified atom stereocenters. The van der Waals surface area contributed by atoms with Gasteiger partial charge in [0.15, 0.2) is 11.6 Å². The molecule has 1 aromatic heterocycles. The maximum Gasteiger partial charge on any atom is 0.243 e. The van der Waals surface area contributed by atoms with Crippen LogP contribution in [-0.4, -0.2) is 95.2 Å². The lowest BCUT2D eigenvalue weighted by Gasteiger charge is -2.42. The molecule has 308 valence electrons. The Bertz CT molecular complexity index is 1920. The van der Waals surface area contributed by atoms with E-state index < -0.39 is 47.5 Å². The van der Waals surface area contributed by atoms with Gasteiger partial charge in [0.05, 0.1) is 12.0 Å². The molecule has 15 heteroatoms. The van der Waals surface area contributed by atoms with Crippen LogP contribution in [0.1, 0.15) is 93.5 Å². The number of hydrogen-bond acceptors (Lipinski definition) is 7. The first-order valence-electron chi connectivity index (χ1n) is 20.5. The van der Waals surface area contributed by atoms with Crippen LogP contribution >= 0.6 is 0 Å². The molecule has 3 aliphatic heterocycles. The van der Waals surface area contributed by atoms with Gasteiger partial charge >= 0.3 is 0 Å². The van der Waals surface area contributed by atoms with Crippen LogP contribution in [0, 0.1) is 17.6 Å². The summed E-state index contributed by atoms with van der Waals surface area (Å²) in [5.74, 6) is -4.33. The highest BCUT2D eigenvalue weighted by Gasteiger charge is 2.38. The number of para-hydroxylation sites is 1. The molecule has 0 saturated carbocycles. The first kappa shape index (κ1) is 41.7. The zero-order valence-electron chi connectivity index (χ0n) is 32.5. The molecule has 57 heavy (non-hydrogen) atoms. The monoisotopic (exact) mass is 790 g/mol. The Hall–Kier alpha value is -4.89. The number of amides is 5. The number of carbonyl (C=O) groups is 5. The molecular formula is C42H56F2N8O5. The minimum atomic E-state index is -1.26. The number of H-pyrrole nitrogens is 1. The van der Waals surface area contributed by atoms with Crippen molar-refractivity contribution in [3.63, 3.8) is 0 Å². The fourth-order valence-electron chi connectivity index (χ4n) is 8.71. The van der Waals surface area contributed by atoms with Crippen LogP contribution in [0.5, 0.6) is 0 Å². The lowest BCUT2D eigenvalue weighted by Crippen LogP contribution is -2.56. The number of hydrogen-bond donors (Lipinski definition) is 6. The highest BCUT2D eigenvalue weighted by molar-refractivity contribution is 5.94. The molecular weight excluding hydrogens is 735 g/mol. The number of rotatable bonds is 18. The Morgan fingerprint density at radius 2 is 1.70 bits per heavy atom. The summed E-state index contributed by atoms with van der Waals surface area (Å²) in [7, 11) is 0. The van der Waals surface area contributed by atoms with Gasteiger partial charge in [-0.25, -0.2) is 8.78 Å². The van der Waals surface area contributed by atoms with E-state index in [-0.39, 0.29) is 42.6 Å². The standard InChI is InChI=1S/C42H56F2N8O5/c43-30-16-14-26(23-31(30)44)24-34(41(56)49-33(39(46)54)11-5-6-19-45)50-42(57)36-12-8-21-52(36)37(53)13-2-1-7-20-47-40(55)27-15-17-35-38-29(18-22-51(35)25-27)28-9-3-4-10-32(28)48-38/h3-4,9-10,14,16,23,27,33-36,48H,1-2,5-8,11-13,15,17-22,24-25,45H2,(H2,46,54)(H,47,55)(H,49,56)(H,50,57)/t27-,33-,34-,35+,36+/m0/s1. The zero-order valence-corrected chi connectivity index (χ0v) is 32.5. The third-order valence-electron chi connectivity index (χ3n) is 11.8. The third-order valence-corrected chi connectivity index (χ3v) is 11.8. The van der Waals surface area contributed by atoms with Crippen molar-refractivity contribution in [1.82, 2.24) is 30.7 Å². The van der Waals surface area contributed by atoms with Crippen LogP contribution in [0.4, 0.5) is 8.78 Å². The topological polar surface area (TPSA) is 196 Å². The lowest BCUT2D eigenvalue weighted by atomic mass is 9.86. The molecule has 2 aromatic carbocycles. The minimum absolute atomic E-state index is 0.0551. The van der Waals surface area contributed by atoms with Crippen LogP contribution < -0.4 is 27.4 Å². The van der Waals surface area contributed by atoms with Gasteiger partial charge in [0.25, 0.3) is 0 Å². The fourth-order valence-corrected chi connectivity index (χ4v) is 8.71. The summed E-state index contributed by atoms with van der Waals surface area (Å²) in [6, 6.07) is 8.86. The van der Waals surface area contributed by atoms with E-state index >= 15 is 0 Å². The van der Waals surface area contributed by atoms with Gasteiger partial charge in [0, 0.05) is 55.6 Å². The maximum absolute atomic E-state index is 14.1. The first-order chi connectivity index (χ1) is 27.5. The Kier molecular flexibility index (Phi) is 14.3. The average Bonchev–Trinajstić information content (AvgIpc) is 3.85. The molecule has 3 aromatic rings. The second kappa shape index (κ2) is 19.5. The van der Waals surface area contributed by atoms with Crippen LogP contribution in [0.2, 0.25) is 0 Å². The Morgan fingerprint density at radius 3 is 2.49 bits per heavy atom. The number of nitrogens with two attached hydrogens (primary N) is 2. The van der Waals surface area contributed by atoms with Gasteiger partial charge in [-0.05, 0) is 100 Å². The fraction of sp³-hybridized carbons (Fsp3) is 0.548. The third kappa shape index (κ3) is 10.4. The van der Waals surface area contributed by atoms with Gasteiger partial charge in [-0.2, -0.15) is 0 Å². The summed E-state index contributed by atoms with van der Waals surface area (Å²) in [6.07, 6.45) is 7.21. The number of fused-ring (bicyclic) bond motifs is 5. The van der Waals surface area contributed by atoms with Crippen molar-refractivity contribution in [3.8, 4) is 0 Å². The van der Waals surface area contributed by atoms with Crippen molar-refractivity contribution < 1.29 is 32.8 Å². The van der Waals surface area contributed by atoms with Gasteiger partial charge in [-0.15, -0.1) is 0 Å². The van der Waals surface area contributed by atoms with Gasteiger partial charge in [0.2, 0.25) is 29.5 Å². The van der Waals surface area contributed by atoms with Crippen LogP contribution in [-0.2, 0) is 36.8 Å². The second-order valence-corrected chi connectivity index (χ2v) is 15.7. The zero-order chi connectivity index (χ0) is 40.5. The predicted octanol–water partition coefficient (Wildman–Crippen LogP) is 3.25. The van der Waals surface area contributed by atoms with Gasteiger partial charge in [-0.1, -0.05) is 30.7 Å². The van der Waals surface area contributed by atoms with Gasteiger partial charge < -0.3 is 37.3 Å². The predicted molar refractivity (Wildman–Crippen MR) is 211 cm³/mol. The molecule has 5 atom stereocenters. The van der Waals surface area contributed by atoms with Crippen molar-refractivity contribution in [2.24, 2.45) is 17.4 Å². The van der Waals surface area contributed by atoms with E-state index in [1.807, 2.05) is 0 Å². The SMILES string of the molecule is NCCCC[C@H](NC(=O)[C@H](Cc1ccc(F)c(F)c1)NC(=O)[C@H]1CCCN1C(=O)CCCCCNC(=O)[C@H]1CC[C@@H]2c3[nH]c4ccccc4c3CCN2C1)C(N)=O. The van der Waals surface area contributed by atoms with E-state index in [2.05, 4.69) is 50.1 Å². The molecule has 3 aliphatic rings. The number of halogens is 2. The van der Waals surface area contributed by atoms with Crippen LogP contribution in [0.3, 0.4) is 0 Å². The highest BCUT2D eigenvalue weighted by Crippen LogP contribution is 2.40. The van der Waals surface area contributed by atoms with E-state index in [9.17, 15) is 32.8 Å². The quantitative estimate of drug-likeness (QED) is 0.106. The summed E-state index contributed by atoms with van der Waals surface area (Å²) < 4.78 is 27.7. The summed E-state index contributed by atoms with van der Waals surface area (Å²) >= 11 is 0. The number of primary amides is 1. The van der Waals surface area contributed by atoms with Gasteiger partial charge in [-0.3, -0.25) is 28.9 Å². The number of nitrogens with one attached hydrogen (secondary N) is 4. The second-order valence-electron chi connectivity index (χ2n) is 15.7. The van der Waals surface area contributed by atoms with E-state index in [4.69, 9.17) is 11.5 Å². The van der Waals surface area contributed by atoms with Crippen LogP contribution in [0.15, 0.2) is 42.5 Å². The summed E-state index contributed by atoms with van der Waals surface area (Å²) in [4.78, 5) is 73.3. The van der Waals surface area contributed by atoms with E-state index in [0.29, 0.717) is 57.8 Å². The molecule has 2 fully saturated rings. The molecule has 0 spiro atoms. The van der Waals surface area contributed by atoms with E-state index in [1.165, 1.54) is 33.1 Å². The molecule has 5 amide bonds. The Labute approximate surface area is 332 Å². The normalized spacial score (nSPS) is 20.3. The molecule has 8 N–H and O–H groups in total. The minimum Gasteiger partial charge on any atom is -0.368 e. The molecule has 6 rings (SSSR count). The summed E-state index contributed by atoms with van der Waals surface area (Å²) in [5.41, 5.74) is 15.2. The number of piperidine rings is 1. The average molecular weight is 791 g/mol. The number of carbonyl (C=O) groups excluding carboxylic acids is 5. The number of nitrogens with zero attached hydrogens (tertiary/aromatic N) is 2. The van der Waals surface area contributed by atoms with E-state index in [1.54, 1.807) is 0 Å². The molecule has 0 aliphatic carbocycles. The molecule has 4 heterocycles. The number of aromatic nitrogens is 1. The molecule has 2 saturated heterocycles. The van der Waals surface area contributed by atoms with Gasteiger partial charge in [0.1, 0.15) is 18.1 Å². The highest BCUT2D eigenvalue weighted by atomic mass is 19.2. The lowest BCUT2D eigenvalue weighted by molar-refractivity contribution is -0.139. The number of likely N-dealkylation sites (tertiary alicyclic amines) is 1. The van der Waals surface area contributed by atoms with Crippen molar-refractivity contribution in [2.45, 2.75) is 108 Å². The first-order valence-corrected chi connectivity index (χ1v) is 20.5. The van der Waals surface area contributed by atoms with E-state index in [0.717, 1.165) is 57.3 Å². The number of aromatic amines is 1. The largest absolute Gasteiger partial charge is 0.368 e. The van der Waals surface area contributed by atoms with Crippen molar-refractivity contribution >= 4 is 40.4 Å². The van der Waals surface area contributed by atoms with Crippen molar-refractivity contribution in [3.05, 3.63) is 70.9 Å².